The molecule has 0 unspecified atom stereocenters. The average Bonchev–Trinajstić information content (AvgIpc) is 2.16. The molecule has 1 aliphatic carbocycles. The molecule has 0 aromatic heterocycles. The van der Waals surface area contributed by atoms with Crippen LogP contribution in [0.3, 0.4) is 0 Å². The Labute approximate surface area is 79.2 Å². The van der Waals surface area contributed by atoms with E-state index < -0.39 is 0 Å². The van der Waals surface area contributed by atoms with E-state index in [0.29, 0.717) is 6.54 Å². The molecule has 0 heterocycles. The van der Waals surface area contributed by atoms with Crippen molar-refractivity contribution < 1.29 is 9.53 Å². The van der Waals surface area contributed by atoms with Crippen molar-refractivity contribution in [3.63, 3.8) is 0 Å². The van der Waals surface area contributed by atoms with Gasteiger partial charge in [-0.2, -0.15) is 0 Å². The molecule has 0 saturated heterocycles. The highest BCUT2D eigenvalue weighted by Gasteiger charge is 2.16. The van der Waals surface area contributed by atoms with Crippen molar-refractivity contribution in [1.29, 1.82) is 0 Å². The van der Waals surface area contributed by atoms with Crippen molar-refractivity contribution in [2.75, 3.05) is 6.54 Å². The second kappa shape index (κ2) is 5.62. The van der Waals surface area contributed by atoms with E-state index in [2.05, 4.69) is 11.9 Å². The minimum Gasteiger partial charge on any atom is -0.446 e. The molecular weight excluding hydrogens is 166 g/mol. The summed E-state index contributed by atoms with van der Waals surface area (Å²) in [6, 6.07) is 0. The van der Waals surface area contributed by atoms with E-state index in [1.807, 2.05) is 0 Å². The van der Waals surface area contributed by atoms with Gasteiger partial charge in [0.2, 0.25) is 0 Å². The predicted molar refractivity (Wildman–Crippen MR) is 51.6 cm³/mol. The molecule has 1 rings (SSSR count). The van der Waals surface area contributed by atoms with Crippen LogP contribution in [0.2, 0.25) is 0 Å². The number of alkyl carbamates (subject to hydrolysis) is 1. The third kappa shape index (κ3) is 3.97. The molecule has 1 fully saturated rings. The van der Waals surface area contributed by atoms with Gasteiger partial charge in [0.1, 0.15) is 6.10 Å². The molecule has 1 saturated carbocycles. The molecule has 3 nitrogen and oxygen atoms in total. The van der Waals surface area contributed by atoms with Gasteiger partial charge in [0.25, 0.3) is 0 Å². The fourth-order valence-corrected chi connectivity index (χ4v) is 1.53. The largest absolute Gasteiger partial charge is 0.446 e. The lowest BCUT2D eigenvalue weighted by Crippen LogP contribution is -2.30. The zero-order valence-corrected chi connectivity index (χ0v) is 7.92. The molecule has 1 amide bonds. The van der Waals surface area contributed by atoms with Gasteiger partial charge < -0.3 is 10.1 Å². The van der Waals surface area contributed by atoms with Crippen LogP contribution in [0.25, 0.3) is 0 Å². The van der Waals surface area contributed by atoms with Gasteiger partial charge in [-0.1, -0.05) is 12.5 Å². The van der Waals surface area contributed by atoms with Crippen LogP contribution < -0.4 is 5.32 Å². The number of hydrogen-bond donors (Lipinski definition) is 1. The lowest BCUT2D eigenvalue weighted by molar-refractivity contribution is 0.0761. The van der Waals surface area contributed by atoms with Gasteiger partial charge in [0.05, 0.1) is 0 Å². The number of nitrogens with one attached hydrogen (secondary N) is 1. The summed E-state index contributed by atoms with van der Waals surface area (Å²) in [4.78, 5) is 11.1. The Morgan fingerprint density at radius 2 is 2.15 bits per heavy atom. The molecule has 0 aliphatic heterocycles. The Hall–Kier alpha value is -0.990. The highest BCUT2D eigenvalue weighted by Crippen LogP contribution is 2.20. The number of amides is 1. The highest BCUT2D eigenvalue weighted by atomic mass is 16.6. The Bertz CT molecular complexity index is 174. The SMILES string of the molecule is C=CCNC(=O)OC1CCCCC1. The van der Waals surface area contributed by atoms with Gasteiger partial charge in [-0.25, -0.2) is 4.79 Å². The molecule has 0 atom stereocenters. The van der Waals surface area contributed by atoms with E-state index in [4.69, 9.17) is 4.74 Å². The number of carbonyl (C=O) groups is 1. The molecule has 0 spiro atoms. The number of carbonyl (C=O) groups excluding carboxylic acids is 1. The quantitative estimate of drug-likeness (QED) is 0.681. The monoisotopic (exact) mass is 183 g/mol. The lowest BCUT2D eigenvalue weighted by atomic mass is 9.98. The van der Waals surface area contributed by atoms with Gasteiger partial charge >= 0.3 is 6.09 Å². The minimum atomic E-state index is -0.313. The van der Waals surface area contributed by atoms with Crippen molar-refractivity contribution in [2.45, 2.75) is 38.2 Å². The maximum atomic E-state index is 11.1. The number of hydrogen-bond acceptors (Lipinski definition) is 2. The molecule has 13 heavy (non-hydrogen) atoms. The standard InChI is InChI=1S/C10H17NO2/c1-2-8-11-10(12)13-9-6-4-3-5-7-9/h2,9H,1,3-8H2,(H,11,12). The first-order chi connectivity index (χ1) is 6.33. The fourth-order valence-electron chi connectivity index (χ4n) is 1.53. The number of ether oxygens (including phenoxy) is 1. The summed E-state index contributed by atoms with van der Waals surface area (Å²) in [5.41, 5.74) is 0. The Morgan fingerprint density at radius 3 is 2.77 bits per heavy atom. The molecule has 1 N–H and O–H groups in total. The molecule has 3 heteroatoms. The Morgan fingerprint density at radius 1 is 1.46 bits per heavy atom. The number of rotatable bonds is 3. The van der Waals surface area contributed by atoms with Gasteiger partial charge in [0, 0.05) is 6.54 Å². The summed E-state index contributed by atoms with van der Waals surface area (Å²) in [6.45, 7) is 3.99. The van der Waals surface area contributed by atoms with Crippen LogP contribution in [0, 0.1) is 0 Å². The minimum absolute atomic E-state index is 0.138. The summed E-state index contributed by atoms with van der Waals surface area (Å²) in [7, 11) is 0. The van der Waals surface area contributed by atoms with Crippen molar-refractivity contribution >= 4 is 6.09 Å². The normalized spacial score (nSPS) is 17.8. The zero-order chi connectivity index (χ0) is 9.52. The molecule has 0 aromatic rings. The smallest absolute Gasteiger partial charge is 0.407 e. The topological polar surface area (TPSA) is 38.3 Å². The first kappa shape index (κ1) is 10.1. The summed E-state index contributed by atoms with van der Waals surface area (Å²) in [5.74, 6) is 0. The van der Waals surface area contributed by atoms with Gasteiger partial charge in [-0.05, 0) is 25.7 Å². The van der Waals surface area contributed by atoms with E-state index in [1.165, 1.54) is 19.3 Å². The maximum Gasteiger partial charge on any atom is 0.407 e. The summed E-state index contributed by atoms with van der Waals surface area (Å²) >= 11 is 0. The van der Waals surface area contributed by atoms with E-state index in [1.54, 1.807) is 6.08 Å². The lowest BCUT2D eigenvalue weighted by Gasteiger charge is -2.21. The van der Waals surface area contributed by atoms with Crippen LogP contribution in [0.5, 0.6) is 0 Å². The molecule has 0 aromatic carbocycles. The molecule has 0 radical (unpaired) electrons. The van der Waals surface area contributed by atoms with Crippen LogP contribution in [0.1, 0.15) is 32.1 Å². The third-order valence-corrected chi connectivity index (χ3v) is 2.22. The van der Waals surface area contributed by atoms with Crippen molar-refractivity contribution in [3.05, 3.63) is 12.7 Å². The van der Waals surface area contributed by atoms with E-state index in [0.717, 1.165) is 12.8 Å². The zero-order valence-electron chi connectivity index (χ0n) is 7.92. The first-order valence-electron chi connectivity index (χ1n) is 4.88. The molecular formula is C10H17NO2. The van der Waals surface area contributed by atoms with Crippen molar-refractivity contribution in [2.24, 2.45) is 0 Å². The highest BCUT2D eigenvalue weighted by molar-refractivity contribution is 5.67. The molecule has 74 valence electrons. The summed E-state index contributed by atoms with van der Waals surface area (Å²) < 4.78 is 5.20. The van der Waals surface area contributed by atoms with Crippen LogP contribution in [-0.2, 0) is 4.74 Å². The second-order valence-corrected chi connectivity index (χ2v) is 3.33. The van der Waals surface area contributed by atoms with Crippen molar-refractivity contribution in [1.82, 2.24) is 5.32 Å². The van der Waals surface area contributed by atoms with Crippen molar-refractivity contribution in [3.8, 4) is 0 Å². The van der Waals surface area contributed by atoms with Gasteiger partial charge in [-0.3, -0.25) is 0 Å². The Kier molecular flexibility index (Phi) is 4.36. The Balaban J connectivity index is 2.14. The maximum absolute atomic E-state index is 11.1. The van der Waals surface area contributed by atoms with Crippen LogP contribution in [0.4, 0.5) is 4.79 Å². The van der Waals surface area contributed by atoms with Gasteiger partial charge in [-0.15, -0.1) is 6.58 Å². The summed E-state index contributed by atoms with van der Waals surface area (Å²) in [5, 5.41) is 2.60. The van der Waals surface area contributed by atoms with E-state index >= 15 is 0 Å². The van der Waals surface area contributed by atoms with Gasteiger partial charge in [0.15, 0.2) is 0 Å². The molecule has 1 aliphatic rings. The van der Waals surface area contributed by atoms with Crippen LogP contribution >= 0.6 is 0 Å². The van der Waals surface area contributed by atoms with Crippen LogP contribution in [-0.4, -0.2) is 18.7 Å². The predicted octanol–water partition coefficient (Wildman–Crippen LogP) is 2.23. The van der Waals surface area contributed by atoms with E-state index in [-0.39, 0.29) is 12.2 Å². The van der Waals surface area contributed by atoms with Crippen LogP contribution in [0.15, 0.2) is 12.7 Å². The van der Waals surface area contributed by atoms with E-state index in [9.17, 15) is 4.79 Å². The fraction of sp³-hybridized carbons (Fsp3) is 0.700. The first-order valence-corrected chi connectivity index (χ1v) is 4.88. The molecule has 0 bridgehead atoms. The average molecular weight is 183 g/mol. The third-order valence-electron chi connectivity index (χ3n) is 2.22. The second-order valence-electron chi connectivity index (χ2n) is 3.33. The summed E-state index contributed by atoms with van der Waals surface area (Å²) in [6.07, 6.45) is 7.13.